The molecule has 0 unspecified atom stereocenters. The highest BCUT2D eigenvalue weighted by Gasteiger charge is 2.19. The van der Waals surface area contributed by atoms with Gasteiger partial charge in [0, 0.05) is 38.8 Å². The minimum absolute atomic E-state index is 0.618. The van der Waals surface area contributed by atoms with Crippen LogP contribution in [0.4, 0.5) is 17.1 Å². The molecule has 0 spiro atoms. The number of aromatic nitrogens is 1. The summed E-state index contributed by atoms with van der Waals surface area (Å²) in [4.78, 5) is 7.25. The van der Waals surface area contributed by atoms with Crippen molar-refractivity contribution < 1.29 is 8.83 Å². The van der Waals surface area contributed by atoms with E-state index in [0.717, 1.165) is 82.8 Å². The predicted molar refractivity (Wildman–Crippen MR) is 227 cm³/mol. The zero-order chi connectivity index (χ0) is 36.3. The third-order valence-electron chi connectivity index (χ3n) is 10.7. The summed E-state index contributed by atoms with van der Waals surface area (Å²) < 4.78 is 12.8. The lowest BCUT2D eigenvalue weighted by atomic mass is 9.94. The molecule has 0 aliphatic rings. The third kappa shape index (κ3) is 5.26. The van der Waals surface area contributed by atoms with Crippen molar-refractivity contribution in [1.29, 1.82) is 0 Å². The van der Waals surface area contributed by atoms with Gasteiger partial charge in [0.05, 0.1) is 0 Å². The van der Waals surface area contributed by atoms with Crippen LogP contribution in [0.2, 0.25) is 0 Å². The SMILES string of the molecule is c1ccc(-c2nc3ccc4ccc5ccc(N(c6ccc(-c7ccccc7-c7ccccc7)cc6)c6ccc7oc8ccccc8c7c6)cc5c4c3o2)cc1. The molecule has 4 nitrogen and oxygen atoms in total. The summed E-state index contributed by atoms with van der Waals surface area (Å²) in [5.41, 5.74) is 12.2. The summed E-state index contributed by atoms with van der Waals surface area (Å²) in [5, 5.41) is 6.56. The van der Waals surface area contributed by atoms with Crippen LogP contribution in [-0.2, 0) is 0 Å². The van der Waals surface area contributed by atoms with Gasteiger partial charge in [-0.05, 0) is 105 Å². The molecule has 0 aliphatic heterocycles. The second-order valence-electron chi connectivity index (χ2n) is 13.9. The average Bonchev–Trinajstić information content (AvgIpc) is 3.87. The first-order valence-electron chi connectivity index (χ1n) is 18.5. The molecule has 4 heteroatoms. The predicted octanol–water partition coefficient (Wildman–Crippen LogP) is 14.5. The van der Waals surface area contributed by atoms with Crippen LogP contribution in [0.3, 0.4) is 0 Å². The van der Waals surface area contributed by atoms with Gasteiger partial charge >= 0.3 is 0 Å². The first-order chi connectivity index (χ1) is 27.2. The second-order valence-corrected chi connectivity index (χ2v) is 13.9. The summed E-state index contributed by atoms with van der Waals surface area (Å²) >= 11 is 0. The van der Waals surface area contributed by atoms with E-state index in [1.54, 1.807) is 0 Å². The molecule has 0 bridgehead atoms. The smallest absolute Gasteiger partial charge is 0.227 e. The van der Waals surface area contributed by atoms with Crippen LogP contribution in [0.1, 0.15) is 0 Å². The van der Waals surface area contributed by atoms with Crippen LogP contribution < -0.4 is 4.90 Å². The molecule has 0 aliphatic carbocycles. The van der Waals surface area contributed by atoms with Crippen molar-refractivity contribution >= 4 is 71.6 Å². The molecule has 0 fully saturated rings. The molecule has 0 N–H and O–H groups in total. The van der Waals surface area contributed by atoms with Gasteiger partial charge in [0.25, 0.3) is 0 Å². The van der Waals surface area contributed by atoms with E-state index in [1.165, 1.54) is 16.7 Å². The summed E-state index contributed by atoms with van der Waals surface area (Å²) in [6.07, 6.45) is 0. The highest BCUT2D eigenvalue weighted by molar-refractivity contribution is 6.19. The van der Waals surface area contributed by atoms with Gasteiger partial charge in [0.1, 0.15) is 16.7 Å². The van der Waals surface area contributed by atoms with Crippen LogP contribution >= 0.6 is 0 Å². The normalized spacial score (nSPS) is 11.6. The summed E-state index contributed by atoms with van der Waals surface area (Å²) in [7, 11) is 0. The maximum Gasteiger partial charge on any atom is 0.227 e. The lowest BCUT2D eigenvalue weighted by molar-refractivity contribution is 0.623. The van der Waals surface area contributed by atoms with Gasteiger partial charge in [-0.2, -0.15) is 0 Å². The molecule has 0 saturated carbocycles. The molecule has 55 heavy (non-hydrogen) atoms. The molecule has 0 amide bonds. The van der Waals surface area contributed by atoms with Crippen molar-refractivity contribution in [3.05, 3.63) is 194 Å². The van der Waals surface area contributed by atoms with Gasteiger partial charge in [-0.1, -0.05) is 127 Å². The molecule has 11 rings (SSSR count). The van der Waals surface area contributed by atoms with Crippen LogP contribution in [-0.4, -0.2) is 4.98 Å². The van der Waals surface area contributed by atoms with Gasteiger partial charge < -0.3 is 13.7 Å². The Kier molecular flexibility index (Phi) is 7.14. The Morgan fingerprint density at radius 1 is 0.382 bits per heavy atom. The first-order valence-corrected chi connectivity index (χ1v) is 18.5. The van der Waals surface area contributed by atoms with E-state index in [0.29, 0.717) is 5.89 Å². The van der Waals surface area contributed by atoms with E-state index in [1.807, 2.05) is 42.5 Å². The molecular weight excluding hydrogens is 673 g/mol. The van der Waals surface area contributed by atoms with Crippen molar-refractivity contribution in [1.82, 2.24) is 4.98 Å². The summed E-state index contributed by atoms with van der Waals surface area (Å²) in [6.45, 7) is 0. The molecular formula is C51H32N2O2. The van der Waals surface area contributed by atoms with Crippen molar-refractivity contribution in [2.24, 2.45) is 0 Å². The van der Waals surface area contributed by atoms with Gasteiger partial charge in [0.2, 0.25) is 5.89 Å². The highest BCUT2D eigenvalue weighted by atomic mass is 16.3. The fourth-order valence-electron chi connectivity index (χ4n) is 8.05. The number of oxazole rings is 1. The lowest BCUT2D eigenvalue weighted by Crippen LogP contribution is -2.09. The molecule has 2 heterocycles. The number of hydrogen-bond acceptors (Lipinski definition) is 4. The summed E-state index contributed by atoms with van der Waals surface area (Å²) in [6, 6.07) is 68.2. The van der Waals surface area contributed by atoms with E-state index in [2.05, 4.69) is 157 Å². The number of rotatable bonds is 6. The zero-order valence-corrected chi connectivity index (χ0v) is 29.7. The van der Waals surface area contributed by atoms with Gasteiger partial charge in [-0.15, -0.1) is 0 Å². The number of benzene rings is 9. The lowest BCUT2D eigenvalue weighted by Gasteiger charge is -2.26. The zero-order valence-electron chi connectivity index (χ0n) is 29.7. The average molecular weight is 705 g/mol. The van der Waals surface area contributed by atoms with Crippen LogP contribution in [0.15, 0.2) is 203 Å². The molecule has 0 radical (unpaired) electrons. The van der Waals surface area contributed by atoms with Crippen molar-refractivity contribution in [3.8, 4) is 33.7 Å². The molecule has 2 aromatic heterocycles. The van der Waals surface area contributed by atoms with Gasteiger partial charge in [0.15, 0.2) is 5.58 Å². The second kappa shape index (κ2) is 12.6. The molecule has 9 aromatic carbocycles. The molecule has 11 aromatic rings. The summed E-state index contributed by atoms with van der Waals surface area (Å²) in [5.74, 6) is 0.618. The maximum absolute atomic E-state index is 6.59. The number of furan rings is 1. The first kappa shape index (κ1) is 31.1. The molecule has 0 atom stereocenters. The van der Waals surface area contributed by atoms with Crippen LogP contribution in [0.25, 0.3) is 88.3 Å². The number of nitrogens with zero attached hydrogens (tertiary/aromatic N) is 2. The number of hydrogen-bond donors (Lipinski definition) is 0. The monoisotopic (exact) mass is 704 g/mol. The number of para-hydroxylation sites is 1. The number of anilines is 3. The Morgan fingerprint density at radius 3 is 1.73 bits per heavy atom. The quantitative estimate of drug-likeness (QED) is 0.162. The Morgan fingerprint density at radius 2 is 0.945 bits per heavy atom. The standard InChI is InChI=1S/C51H32N2O2/c1-3-11-33(12-4-1)41-15-7-8-16-42(41)34-21-25-38(26-22-34)53(40-28-30-48-45(32-40)43-17-9-10-18-47(43)54-48)39-27-23-35-19-20-36-24-29-46-50(49(36)44(35)31-39)55-51(52-46)37-13-5-2-6-14-37/h1-32H. The minimum Gasteiger partial charge on any atom is -0.456 e. The molecule has 258 valence electrons. The Hall–Kier alpha value is -7.43. The van der Waals surface area contributed by atoms with E-state index in [4.69, 9.17) is 13.8 Å². The minimum atomic E-state index is 0.618. The molecule has 0 saturated heterocycles. The van der Waals surface area contributed by atoms with E-state index >= 15 is 0 Å². The fourth-order valence-corrected chi connectivity index (χ4v) is 8.05. The van der Waals surface area contributed by atoms with Crippen LogP contribution in [0, 0.1) is 0 Å². The van der Waals surface area contributed by atoms with Crippen LogP contribution in [0.5, 0.6) is 0 Å². The van der Waals surface area contributed by atoms with Gasteiger partial charge in [-0.3, -0.25) is 0 Å². The Bertz CT molecular complexity index is 3200. The number of fused-ring (bicyclic) bond motifs is 8. The fraction of sp³-hybridized carbons (Fsp3) is 0. The van der Waals surface area contributed by atoms with Gasteiger partial charge in [-0.25, -0.2) is 4.98 Å². The maximum atomic E-state index is 6.59. The Labute approximate surface area is 317 Å². The largest absolute Gasteiger partial charge is 0.456 e. The van der Waals surface area contributed by atoms with Crippen molar-refractivity contribution in [2.75, 3.05) is 4.90 Å². The van der Waals surface area contributed by atoms with Crippen molar-refractivity contribution in [3.63, 3.8) is 0 Å². The highest BCUT2D eigenvalue weighted by Crippen LogP contribution is 2.43. The van der Waals surface area contributed by atoms with E-state index in [-0.39, 0.29) is 0 Å². The van der Waals surface area contributed by atoms with Crippen molar-refractivity contribution in [2.45, 2.75) is 0 Å². The third-order valence-corrected chi connectivity index (χ3v) is 10.7. The van der Waals surface area contributed by atoms with E-state index < -0.39 is 0 Å². The topological polar surface area (TPSA) is 42.4 Å². The van der Waals surface area contributed by atoms with E-state index in [9.17, 15) is 0 Å². The Balaban J connectivity index is 1.11.